The summed E-state index contributed by atoms with van der Waals surface area (Å²) in [4.78, 5) is 11.7. The molecule has 0 aliphatic rings. The highest BCUT2D eigenvalue weighted by molar-refractivity contribution is 5.84. The molecule has 2 aromatic carbocycles. The van der Waals surface area contributed by atoms with E-state index in [1.165, 1.54) is 0 Å². The first kappa shape index (κ1) is 17.2. The minimum absolute atomic E-state index is 0.0167. The number of methoxy groups -OCH3 is 1. The van der Waals surface area contributed by atoms with E-state index in [2.05, 4.69) is 5.32 Å². The van der Waals surface area contributed by atoms with Crippen molar-refractivity contribution < 1.29 is 19.0 Å². The summed E-state index contributed by atoms with van der Waals surface area (Å²) >= 11 is 0. The minimum Gasteiger partial charge on any atom is -0.484 e. The van der Waals surface area contributed by atoms with Crippen LogP contribution in [-0.4, -0.2) is 46.0 Å². The van der Waals surface area contributed by atoms with Crippen LogP contribution in [0.4, 0.5) is 0 Å². The van der Waals surface area contributed by atoms with E-state index in [4.69, 9.17) is 14.2 Å². The molecule has 5 nitrogen and oxygen atoms in total. The van der Waals surface area contributed by atoms with Gasteiger partial charge in [-0.05, 0) is 29.3 Å². The fourth-order valence-electron chi connectivity index (χ4n) is 2.10. The second-order valence-electron chi connectivity index (χ2n) is 5.11. The Morgan fingerprint density at radius 3 is 2.70 bits per heavy atom. The molecular weight excluding hydrogens is 294 g/mol. The summed E-state index contributed by atoms with van der Waals surface area (Å²) in [5.41, 5.74) is 0. The molecule has 0 fully saturated rings. The first-order chi connectivity index (χ1) is 11.3. The Balaban J connectivity index is 1.63. The van der Waals surface area contributed by atoms with Crippen molar-refractivity contribution in [2.45, 2.75) is 6.42 Å². The third-order valence-corrected chi connectivity index (χ3v) is 3.31. The van der Waals surface area contributed by atoms with Crippen molar-refractivity contribution in [1.82, 2.24) is 5.32 Å². The Morgan fingerprint density at radius 2 is 1.87 bits per heavy atom. The number of hydrogen-bond donors (Lipinski definition) is 1. The molecule has 0 aliphatic carbocycles. The predicted molar refractivity (Wildman–Crippen MR) is 89.8 cm³/mol. The Bertz CT molecular complexity index is 615. The highest BCUT2D eigenvalue weighted by atomic mass is 16.5. The van der Waals surface area contributed by atoms with Gasteiger partial charge in [0.2, 0.25) is 0 Å². The van der Waals surface area contributed by atoms with Crippen molar-refractivity contribution in [1.29, 1.82) is 0 Å². The molecule has 0 unspecified atom stereocenters. The average Bonchev–Trinajstić information content (AvgIpc) is 2.59. The molecule has 0 atom stereocenters. The highest BCUT2D eigenvalue weighted by Crippen LogP contribution is 2.20. The van der Waals surface area contributed by atoms with Crippen LogP contribution in [0.25, 0.3) is 10.8 Å². The van der Waals surface area contributed by atoms with Crippen LogP contribution in [-0.2, 0) is 14.3 Å². The van der Waals surface area contributed by atoms with Gasteiger partial charge in [0.25, 0.3) is 5.91 Å². The fourth-order valence-corrected chi connectivity index (χ4v) is 2.10. The summed E-state index contributed by atoms with van der Waals surface area (Å²) in [7, 11) is 1.64. The van der Waals surface area contributed by atoms with E-state index < -0.39 is 0 Å². The van der Waals surface area contributed by atoms with Gasteiger partial charge in [-0.25, -0.2) is 0 Å². The Labute approximate surface area is 136 Å². The molecule has 0 radical (unpaired) electrons. The molecule has 2 rings (SSSR count). The number of rotatable bonds is 10. The van der Waals surface area contributed by atoms with Crippen molar-refractivity contribution in [2.24, 2.45) is 0 Å². The van der Waals surface area contributed by atoms with E-state index in [0.717, 1.165) is 17.2 Å². The van der Waals surface area contributed by atoms with Crippen LogP contribution in [0.3, 0.4) is 0 Å². The number of carbonyl (C=O) groups excluding carboxylic acids is 1. The summed E-state index contributed by atoms with van der Waals surface area (Å²) < 4.78 is 15.7. The van der Waals surface area contributed by atoms with Gasteiger partial charge in [0.05, 0.1) is 13.2 Å². The van der Waals surface area contributed by atoms with Crippen molar-refractivity contribution in [3.8, 4) is 5.75 Å². The van der Waals surface area contributed by atoms with Crippen LogP contribution in [0.15, 0.2) is 42.5 Å². The van der Waals surface area contributed by atoms with Crippen LogP contribution >= 0.6 is 0 Å². The molecule has 23 heavy (non-hydrogen) atoms. The first-order valence-electron chi connectivity index (χ1n) is 7.74. The molecule has 0 saturated carbocycles. The zero-order valence-corrected chi connectivity index (χ0v) is 13.4. The van der Waals surface area contributed by atoms with Crippen molar-refractivity contribution in [3.63, 3.8) is 0 Å². The molecule has 0 aromatic heterocycles. The zero-order valence-electron chi connectivity index (χ0n) is 13.4. The van der Waals surface area contributed by atoms with Crippen LogP contribution < -0.4 is 10.1 Å². The molecule has 5 heteroatoms. The maximum Gasteiger partial charge on any atom is 0.257 e. The van der Waals surface area contributed by atoms with Gasteiger partial charge in [-0.15, -0.1) is 0 Å². The molecule has 0 spiro atoms. The lowest BCUT2D eigenvalue weighted by Crippen LogP contribution is -2.30. The predicted octanol–water partition coefficient (Wildman–Crippen LogP) is 2.39. The topological polar surface area (TPSA) is 56.8 Å². The quantitative estimate of drug-likeness (QED) is 0.684. The van der Waals surface area contributed by atoms with Crippen LogP contribution in [0, 0.1) is 0 Å². The van der Waals surface area contributed by atoms with Gasteiger partial charge < -0.3 is 19.5 Å². The maximum absolute atomic E-state index is 11.7. The molecule has 1 N–H and O–H groups in total. The van der Waals surface area contributed by atoms with Crippen molar-refractivity contribution in [2.75, 3.05) is 40.1 Å². The maximum atomic E-state index is 11.7. The first-order valence-corrected chi connectivity index (χ1v) is 7.74. The lowest BCUT2D eigenvalue weighted by Gasteiger charge is -2.08. The number of ether oxygens (including phenoxy) is 3. The third-order valence-electron chi connectivity index (χ3n) is 3.31. The molecule has 0 bridgehead atoms. The molecular formula is C18H23NO4. The van der Waals surface area contributed by atoms with Crippen LogP contribution in [0.1, 0.15) is 6.42 Å². The monoisotopic (exact) mass is 317 g/mol. The van der Waals surface area contributed by atoms with Gasteiger partial charge in [0.1, 0.15) is 5.75 Å². The summed E-state index contributed by atoms with van der Waals surface area (Å²) in [5.74, 6) is 0.566. The van der Waals surface area contributed by atoms with E-state index in [1.54, 1.807) is 7.11 Å². The number of nitrogens with one attached hydrogen (secondary N) is 1. The third kappa shape index (κ3) is 6.26. The van der Waals surface area contributed by atoms with Gasteiger partial charge in [-0.3, -0.25) is 4.79 Å². The number of fused-ring (bicyclic) bond motifs is 1. The lowest BCUT2D eigenvalue weighted by atomic mass is 10.1. The number of benzene rings is 2. The van der Waals surface area contributed by atoms with E-state index in [-0.39, 0.29) is 12.5 Å². The van der Waals surface area contributed by atoms with Gasteiger partial charge in [-0.1, -0.05) is 30.3 Å². The van der Waals surface area contributed by atoms with Crippen molar-refractivity contribution in [3.05, 3.63) is 42.5 Å². The Kier molecular flexibility index (Phi) is 7.36. The summed E-state index contributed by atoms with van der Waals surface area (Å²) in [6.45, 7) is 2.37. The molecule has 1 amide bonds. The van der Waals surface area contributed by atoms with Gasteiger partial charge >= 0.3 is 0 Å². The van der Waals surface area contributed by atoms with E-state index >= 15 is 0 Å². The van der Waals surface area contributed by atoms with Gasteiger partial charge in [-0.2, -0.15) is 0 Å². The number of carbonyl (C=O) groups is 1. The Morgan fingerprint density at radius 1 is 1.04 bits per heavy atom. The van der Waals surface area contributed by atoms with Gasteiger partial charge in [0, 0.05) is 20.3 Å². The number of hydrogen-bond acceptors (Lipinski definition) is 4. The van der Waals surface area contributed by atoms with E-state index in [9.17, 15) is 4.79 Å². The standard InChI is InChI=1S/C18H23NO4/c1-21-11-12-22-10-4-9-19-18(20)14-23-17-8-7-15-5-2-3-6-16(15)13-17/h2-3,5-8,13H,4,9-12,14H2,1H3,(H,19,20). The Hall–Kier alpha value is -2.11. The second-order valence-corrected chi connectivity index (χ2v) is 5.11. The van der Waals surface area contributed by atoms with Crippen LogP contribution in [0.2, 0.25) is 0 Å². The lowest BCUT2D eigenvalue weighted by molar-refractivity contribution is -0.123. The fraction of sp³-hybridized carbons (Fsp3) is 0.389. The normalized spacial score (nSPS) is 10.7. The second kappa shape index (κ2) is 9.82. The summed E-state index contributed by atoms with van der Waals surface area (Å²) in [6.07, 6.45) is 0.769. The average molecular weight is 317 g/mol. The molecule has 0 aliphatic heterocycles. The van der Waals surface area contributed by atoms with Crippen LogP contribution in [0.5, 0.6) is 5.75 Å². The minimum atomic E-state index is -0.130. The SMILES string of the molecule is COCCOCCCNC(=O)COc1ccc2ccccc2c1. The van der Waals surface area contributed by atoms with Crippen molar-refractivity contribution >= 4 is 16.7 Å². The summed E-state index contributed by atoms with van der Waals surface area (Å²) in [6, 6.07) is 13.8. The molecule has 2 aromatic rings. The highest BCUT2D eigenvalue weighted by Gasteiger charge is 2.03. The number of amides is 1. The van der Waals surface area contributed by atoms with Gasteiger partial charge in [0.15, 0.2) is 6.61 Å². The molecule has 124 valence electrons. The largest absolute Gasteiger partial charge is 0.484 e. The van der Waals surface area contributed by atoms with E-state index in [1.807, 2.05) is 42.5 Å². The molecule has 0 saturated heterocycles. The van der Waals surface area contributed by atoms with E-state index in [0.29, 0.717) is 32.1 Å². The molecule has 0 heterocycles. The zero-order chi connectivity index (χ0) is 16.3. The smallest absolute Gasteiger partial charge is 0.257 e. The summed E-state index contributed by atoms with van der Waals surface area (Å²) in [5, 5.41) is 5.05.